The van der Waals surface area contributed by atoms with Crippen LogP contribution in [0.25, 0.3) is 0 Å². The molecule has 92 valence electrons. The van der Waals surface area contributed by atoms with Crippen molar-refractivity contribution in [1.82, 2.24) is 0 Å². The lowest BCUT2D eigenvalue weighted by molar-refractivity contribution is -0.159. The van der Waals surface area contributed by atoms with E-state index in [1.807, 2.05) is 0 Å². The van der Waals surface area contributed by atoms with Crippen molar-refractivity contribution >= 4 is 11.9 Å². The Hall–Kier alpha value is -2.08. The number of ether oxygens (including phenoxy) is 1. The van der Waals surface area contributed by atoms with E-state index in [4.69, 9.17) is 15.6 Å². The molecule has 0 radical (unpaired) electrons. The number of nitrogens with two attached hydrogens (primary N) is 1. The molecule has 17 heavy (non-hydrogen) atoms. The van der Waals surface area contributed by atoms with E-state index >= 15 is 0 Å². The minimum Gasteiger partial charge on any atom is -0.489 e. The second-order valence-electron chi connectivity index (χ2n) is 3.73. The summed E-state index contributed by atoms with van der Waals surface area (Å²) < 4.78 is 5.09. The zero-order chi connectivity index (χ0) is 13.1. The van der Waals surface area contributed by atoms with Gasteiger partial charge in [0.15, 0.2) is 5.60 Å². The van der Waals surface area contributed by atoms with Crippen LogP contribution in [0, 0.1) is 0 Å². The maximum Gasteiger partial charge on any atom is 0.339 e. The number of carboxylic acid groups (broad SMARTS) is 1. The second kappa shape index (κ2) is 4.84. The summed E-state index contributed by atoms with van der Waals surface area (Å²) in [6, 6.07) is 6.13. The fraction of sp³-hybridized carbons (Fsp3) is 0.273. The van der Waals surface area contributed by atoms with E-state index in [0.29, 0.717) is 0 Å². The Morgan fingerprint density at radius 1 is 1.41 bits per heavy atom. The fourth-order valence-corrected chi connectivity index (χ4v) is 1.08. The van der Waals surface area contributed by atoms with Gasteiger partial charge in [-0.25, -0.2) is 4.79 Å². The fourth-order valence-electron chi connectivity index (χ4n) is 1.08. The van der Waals surface area contributed by atoms with Gasteiger partial charge in [-0.2, -0.15) is 0 Å². The molecule has 0 aromatic heterocycles. The maximum atomic E-state index is 11.0. The normalized spacial score (nSPS) is 13.8. The number of carboxylic acids is 1. The van der Waals surface area contributed by atoms with Crippen LogP contribution in [0.3, 0.4) is 0 Å². The standard InChI is InChI=1S/C11H13NO5/c1-11(16,10(14)15)6-17-8-5-3-2-4-7(8)9(12)13/h2-5,16H,6H2,1H3,(H2,12,13)(H,14,15). The van der Waals surface area contributed by atoms with Crippen molar-refractivity contribution in [2.75, 3.05) is 6.61 Å². The minimum absolute atomic E-state index is 0.133. The average Bonchev–Trinajstić information content (AvgIpc) is 2.26. The van der Waals surface area contributed by atoms with E-state index in [1.165, 1.54) is 12.1 Å². The molecule has 1 amide bonds. The molecule has 0 aliphatic heterocycles. The topological polar surface area (TPSA) is 110 Å². The van der Waals surface area contributed by atoms with Crippen LogP contribution < -0.4 is 10.5 Å². The van der Waals surface area contributed by atoms with E-state index in [2.05, 4.69) is 0 Å². The van der Waals surface area contributed by atoms with E-state index < -0.39 is 24.1 Å². The van der Waals surface area contributed by atoms with Crippen molar-refractivity contribution in [3.63, 3.8) is 0 Å². The third kappa shape index (κ3) is 3.18. The van der Waals surface area contributed by atoms with Crippen LogP contribution in [-0.4, -0.2) is 34.3 Å². The highest BCUT2D eigenvalue weighted by atomic mass is 16.5. The number of aliphatic hydroxyl groups is 1. The zero-order valence-electron chi connectivity index (χ0n) is 9.21. The predicted molar refractivity (Wildman–Crippen MR) is 58.7 cm³/mol. The Bertz CT molecular complexity index is 441. The summed E-state index contributed by atoms with van der Waals surface area (Å²) in [7, 11) is 0. The molecule has 0 aliphatic carbocycles. The van der Waals surface area contributed by atoms with Gasteiger partial charge in [0.1, 0.15) is 12.4 Å². The van der Waals surface area contributed by atoms with Crippen LogP contribution in [0.15, 0.2) is 24.3 Å². The molecule has 0 saturated carbocycles. The summed E-state index contributed by atoms with van der Waals surface area (Å²) >= 11 is 0. The van der Waals surface area contributed by atoms with Gasteiger partial charge in [0.2, 0.25) is 0 Å². The van der Waals surface area contributed by atoms with Gasteiger partial charge in [0.05, 0.1) is 5.56 Å². The van der Waals surface area contributed by atoms with Crippen LogP contribution in [0.1, 0.15) is 17.3 Å². The Kier molecular flexibility index (Phi) is 3.69. The van der Waals surface area contributed by atoms with E-state index in [-0.39, 0.29) is 11.3 Å². The minimum atomic E-state index is -2.02. The van der Waals surface area contributed by atoms with Crippen LogP contribution in [0.4, 0.5) is 0 Å². The number of para-hydroxylation sites is 1. The number of carbonyl (C=O) groups is 2. The first kappa shape index (κ1) is 13.0. The quantitative estimate of drug-likeness (QED) is 0.670. The van der Waals surface area contributed by atoms with Crippen molar-refractivity contribution < 1.29 is 24.5 Å². The molecule has 0 fully saturated rings. The van der Waals surface area contributed by atoms with Gasteiger partial charge in [-0.15, -0.1) is 0 Å². The molecular weight excluding hydrogens is 226 g/mol. The van der Waals surface area contributed by atoms with Crippen molar-refractivity contribution in [2.45, 2.75) is 12.5 Å². The number of carbonyl (C=O) groups excluding carboxylic acids is 1. The monoisotopic (exact) mass is 239 g/mol. The van der Waals surface area contributed by atoms with E-state index in [1.54, 1.807) is 12.1 Å². The molecule has 0 saturated heterocycles. The summed E-state index contributed by atoms with van der Waals surface area (Å²) in [6.07, 6.45) is 0. The first-order valence-electron chi connectivity index (χ1n) is 4.82. The molecule has 1 aromatic rings. The molecule has 4 N–H and O–H groups in total. The second-order valence-corrected chi connectivity index (χ2v) is 3.73. The lowest BCUT2D eigenvalue weighted by atomic mass is 10.1. The van der Waals surface area contributed by atoms with E-state index in [9.17, 15) is 14.7 Å². The number of aliphatic carboxylic acids is 1. The molecule has 1 aromatic carbocycles. The lowest BCUT2D eigenvalue weighted by Crippen LogP contribution is -2.41. The number of primary amides is 1. The molecule has 1 atom stereocenters. The summed E-state index contributed by atoms with van der Waals surface area (Å²) in [5.74, 6) is -1.95. The number of hydrogen-bond acceptors (Lipinski definition) is 4. The highest BCUT2D eigenvalue weighted by Gasteiger charge is 2.31. The van der Waals surface area contributed by atoms with Crippen molar-refractivity contribution in [1.29, 1.82) is 0 Å². The smallest absolute Gasteiger partial charge is 0.339 e. The Balaban J connectivity index is 2.83. The average molecular weight is 239 g/mol. The summed E-state index contributed by atoms with van der Waals surface area (Å²) in [6.45, 7) is 0.620. The first-order chi connectivity index (χ1) is 7.84. The largest absolute Gasteiger partial charge is 0.489 e. The van der Waals surface area contributed by atoms with Gasteiger partial charge in [0.25, 0.3) is 5.91 Å². The van der Waals surface area contributed by atoms with Gasteiger partial charge in [-0.1, -0.05) is 12.1 Å². The predicted octanol–water partition coefficient (Wildman–Crippen LogP) is -0.0001000. The van der Waals surface area contributed by atoms with Gasteiger partial charge in [0, 0.05) is 0 Å². The van der Waals surface area contributed by atoms with Gasteiger partial charge in [-0.3, -0.25) is 4.79 Å². The summed E-state index contributed by atoms with van der Waals surface area (Å²) in [5, 5.41) is 18.1. The lowest BCUT2D eigenvalue weighted by Gasteiger charge is -2.19. The Labute approximate surface area is 97.6 Å². The Morgan fingerprint density at radius 2 is 2.00 bits per heavy atom. The zero-order valence-corrected chi connectivity index (χ0v) is 9.21. The number of rotatable bonds is 5. The molecule has 0 aliphatic rings. The molecule has 0 bridgehead atoms. The SMILES string of the molecule is CC(O)(COc1ccccc1C(N)=O)C(=O)O. The summed E-state index contributed by atoms with van der Waals surface area (Å²) in [4.78, 5) is 21.7. The third-order valence-electron chi connectivity index (χ3n) is 2.12. The van der Waals surface area contributed by atoms with Crippen LogP contribution in [0.2, 0.25) is 0 Å². The van der Waals surface area contributed by atoms with Crippen LogP contribution >= 0.6 is 0 Å². The molecule has 0 heterocycles. The number of benzene rings is 1. The third-order valence-corrected chi connectivity index (χ3v) is 2.12. The highest BCUT2D eigenvalue weighted by molar-refractivity contribution is 5.95. The highest BCUT2D eigenvalue weighted by Crippen LogP contribution is 2.18. The molecule has 6 heteroatoms. The molecular formula is C11H13NO5. The molecule has 0 spiro atoms. The van der Waals surface area contributed by atoms with Crippen molar-refractivity contribution in [3.05, 3.63) is 29.8 Å². The number of hydrogen-bond donors (Lipinski definition) is 3. The molecule has 1 rings (SSSR count). The van der Waals surface area contributed by atoms with Crippen LogP contribution in [0.5, 0.6) is 5.75 Å². The summed E-state index contributed by atoms with van der Waals surface area (Å²) in [5.41, 5.74) is 3.23. The number of amides is 1. The van der Waals surface area contributed by atoms with Crippen LogP contribution in [-0.2, 0) is 4.79 Å². The van der Waals surface area contributed by atoms with Crippen molar-refractivity contribution in [2.24, 2.45) is 5.73 Å². The first-order valence-corrected chi connectivity index (χ1v) is 4.82. The van der Waals surface area contributed by atoms with Gasteiger partial charge >= 0.3 is 5.97 Å². The maximum absolute atomic E-state index is 11.0. The molecule has 1 unspecified atom stereocenters. The van der Waals surface area contributed by atoms with Crippen molar-refractivity contribution in [3.8, 4) is 5.75 Å². The Morgan fingerprint density at radius 3 is 2.53 bits per heavy atom. The van der Waals surface area contributed by atoms with Gasteiger partial charge in [-0.05, 0) is 19.1 Å². The van der Waals surface area contributed by atoms with E-state index in [0.717, 1.165) is 6.92 Å². The molecule has 6 nitrogen and oxygen atoms in total. The van der Waals surface area contributed by atoms with Gasteiger partial charge < -0.3 is 20.7 Å².